The summed E-state index contributed by atoms with van der Waals surface area (Å²) in [5.74, 6) is 0.884. The van der Waals surface area contributed by atoms with Crippen LogP contribution in [0, 0.1) is 0 Å². The zero-order valence-electron chi connectivity index (χ0n) is 13.8. The van der Waals surface area contributed by atoms with E-state index < -0.39 is 5.97 Å². The molecular formula is C19H18Cl2O4. The minimum atomic E-state index is -0.618. The molecule has 2 aromatic rings. The topological polar surface area (TPSA) is 44.8 Å². The molecule has 1 fully saturated rings. The number of ether oxygens (including phenoxy) is 3. The van der Waals surface area contributed by atoms with Crippen LogP contribution < -0.4 is 14.2 Å². The first-order chi connectivity index (χ1) is 12.1. The summed E-state index contributed by atoms with van der Waals surface area (Å²) in [4.78, 5) is 12.4. The number of esters is 1. The number of carbonyl (C=O) groups excluding carboxylic acids is 1. The highest BCUT2D eigenvalue weighted by atomic mass is 35.5. The monoisotopic (exact) mass is 380 g/mol. The molecule has 0 bridgehead atoms. The highest BCUT2D eigenvalue weighted by Gasteiger charge is 2.21. The highest BCUT2D eigenvalue weighted by molar-refractivity contribution is 6.39. The summed E-state index contributed by atoms with van der Waals surface area (Å²) in [6.07, 6.45) is 4.52. The molecule has 2 aromatic carbocycles. The van der Waals surface area contributed by atoms with Crippen molar-refractivity contribution in [1.82, 2.24) is 0 Å². The van der Waals surface area contributed by atoms with Crippen LogP contribution >= 0.6 is 23.2 Å². The highest BCUT2D eigenvalue weighted by Crippen LogP contribution is 2.35. The molecule has 3 rings (SSSR count). The van der Waals surface area contributed by atoms with Gasteiger partial charge in [-0.2, -0.15) is 0 Å². The van der Waals surface area contributed by atoms with Gasteiger partial charge in [-0.25, -0.2) is 4.79 Å². The average Bonchev–Trinajstić information content (AvgIpc) is 3.08. The lowest BCUT2D eigenvalue weighted by atomic mass is 10.2. The van der Waals surface area contributed by atoms with E-state index >= 15 is 0 Å². The lowest BCUT2D eigenvalue weighted by molar-refractivity contribution is 0.0734. The van der Waals surface area contributed by atoms with Gasteiger partial charge < -0.3 is 14.2 Å². The van der Waals surface area contributed by atoms with Gasteiger partial charge in [-0.15, -0.1) is 0 Å². The maximum atomic E-state index is 12.4. The summed E-state index contributed by atoms with van der Waals surface area (Å²) in [7, 11) is 1.58. The zero-order valence-corrected chi connectivity index (χ0v) is 15.3. The Kier molecular flexibility index (Phi) is 5.71. The first-order valence-electron chi connectivity index (χ1n) is 8.09. The summed E-state index contributed by atoms with van der Waals surface area (Å²) >= 11 is 12.1. The molecule has 0 radical (unpaired) electrons. The van der Waals surface area contributed by atoms with Gasteiger partial charge in [-0.3, -0.25) is 0 Å². The molecule has 0 heterocycles. The number of carbonyl (C=O) groups is 1. The second-order valence-corrected chi connectivity index (χ2v) is 6.64. The first-order valence-corrected chi connectivity index (χ1v) is 8.85. The fraction of sp³-hybridized carbons (Fsp3) is 0.316. The lowest BCUT2D eigenvalue weighted by Crippen LogP contribution is -2.13. The molecule has 25 heavy (non-hydrogen) atoms. The molecule has 4 nitrogen and oxygen atoms in total. The van der Waals surface area contributed by atoms with Gasteiger partial charge in [0.05, 0.1) is 28.8 Å². The molecule has 6 heteroatoms. The minimum Gasteiger partial charge on any atom is -0.493 e. The van der Waals surface area contributed by atoms with Gasteiger partial charge in [0, 0.05) is 6.07 Å². The molecule has 0 atom stereocenters. The van der Waals surface area contributed by atoms with E-state index in [1.807, 2.05) is 0 Å². The van der Waals surface area contributed by atoms with Crippen LogP contribution in [-0.2, 0) is 0 Å². The van der Waals surface area contributed by atoms with E-state index in [1.165, 1.54) is 0 Å². The fourth-order valence-corrected chi connectivity index (χ4v) is 3.40. The quantitative estimate of drug-likeness (QED) is 0.504. The van der Waals surface area contributed by atoms with Crippen LogP contribution in [0.2, 0.25) is 10.0 Å². The Morgan fingerprint density at radius 1 is 1.04 bits per heavy atom. The summed E-state index contributed by atoms with van der Waals surface area (Å²) in [5, 5.41) is 0.488. The van der Waals surface area contributed by atoms with Gasteiger partial charge in [-0.05, 0) is 49.9 Å². The van der Waals surface area contributed by atoms with E-state index in [0.717, 1.165) is 25.7 Å². The summed E-state index contributed by atoms with van der Waals surface area (Å²) in [6, 6.07) is 9.85. The molecule has 1 aliphatic rings. The lowest BCUT2D eigenvalue weighted by Gasteiger charge is -2.17. The number of rotatable bonds is 5. The number of halogens is 2. The van der Waals surface area contributed by atoms with Crippen LogP contribution in [0.3, 0.4) is 0 Å². The van der Waals surface area contributed by atoms with Crippen LogP contribution in [0.5, 0.6) is 17.2 Å². The molecule has 0 N–H and O–H groups in total. The smallest absolute Gasteiger partial charge is 0.346 e. The van der Waals surface area contributed by atoms with E-state index in [1.54, 1.807) is 43.5 Å². The second-order valence-electron chi connectivity index (χ2n) is 5.82. The predicted octanol–water partition coefficient (Wildman–Crippen LogP) is 5.54. The van der Waals surface area contributed by atoms with Crippen molar-refractivity contribution in [3.05, 3.63) is 52.0 Å². The van der Waals surface area contributed by atoms with Crippen LogP contribution in [0.15, 0.2) is 36.4 Å². The molecule has 0 saturated heterocycles. The van der Waals surface area contributed by atoms with Gasteiger partial charge in [0.25, 0.3) is 0 Å². The molecule has 0 unspecified atom stereocenters. The molecule has 0 spiro atoms. The van der Waals surface area contributed by atoms with Gasteiger partial charge in [0.15, 0.2) is 11.5 Å². The molecule has 132 valence electrons. The van der Waals surface area contributed by atoms with Crippen LogP contribution in [-0.4, -0.2) is 19.2 Å². The van der Waals surface area contributed by atoms with E-state index in [-0.39, 0.29) is 21.7 Å². The van der Waals surface area contributed by atoms with Gasteiger partial charge in [0.1, 0.15) is 5.75 Å². The number of hydrogen-bond acceptors (Lipinski definition) is 4. The Morgan fingerprint density at radius 3 is 2.36 bits per heavy atom. The maximum Gasteiger partial charge on any atom is 0.346 e. The second kappa shape index (κ2) is 7.98. The molecule has 1 aliphatic carbocycles. The molecule has 0 aromatic heterocycles. The fourth-order valence-electron chi connectivity index (χ4n) is 2.85. The number of methoxy groups -OCH3 is 1. The third kappa shape index (κ3) is 4.20. The normalized spacial score (nSPS) is 14.4. The van der Waals surface area contributed by atoms with Crippen molar-refractivity contribution < 1.29 is 19.0 Å². The predicted molar refractivity (Wildman–Crippen MR) is 97.3 cm³/mol. The summed E-state index contributed by atoms with van der Waals surface area (Å²) in [5.41, 5.74) is 0.139. The molecule has 0 amide bonds. The maximum absolute atomic E-state index is 12.4. The summed E-state index contributed by atoms with van der Waals surface area (Å²) < 4.78 is 16.8. The molecule has 0 aliphatic heterocycles. The summed E-state index contributed by atoms with van der Waals surface area (Å²) in [6.45, 7) is 0. The van der Waals surface area contributed by atoms with Crippen LogP contribution in [0.4, 0.5) is 0 Å². The Balaban J connectivity index is 1.81. The van der Waals surface area contributed by atoms with Gasteiger partial charge >= 0.3 is 5.97 Å². The largest absolute Gasteiger partial charge is 0.493 e. The Labute approximate surface area is 156 Å². The van der Waals surface area contributed by atoms with E-state index in [9.17, 15) is 4.79 Å². The third-order valence-corrected chi connectivity index (χ3v) is 4.74. The van der Waals surface area contributed by atoms with E-state index in [0.29, 0.717) is 17.2 Å². The van der Waals surface area contributed by atoms with Gasteiger partial charge in [-0.1, -0.05) is 29.3 Å². The number of benzene rings is 2. The Morgan fingerprint density at radius 2 is 1.72 bits per heavy atom. The first kappa shape index (κ1) is 17.9. The standard InChI is InChI=1S/C19H18Cl2O4/c1-23-16-10-9-13(11-17(16)24-12-5-2-3-6-12)25-19(22)18-14(20)7-4-8-15(18)21/h4,7-12H,2-3,5-6H2,1H3. The minimum absolute atomic E-state index is 0.139. The van der Waals surface area contributed by atoms with Gasteiger partial charge in [0.2, 0.25) is 0 Å². The Hall–Kier alpha value is -1.91. The van der Waals surface area contributed by atoms with Crippen molar-refractivity contribution in [3.8, 4) is 17.2 Å². The zero-order chi connectivity index (χ0) is 17.8. The van der Waals surface area contributed by atoms with Crippen LogP contribution in [0.1, 0.15) is 36.0 Å². The number of hydrogen-bond donors (Lipinski definition) is 0. The van der Waals surface area contributed by atoms with Crippen LogP contribution in [0.25, 0.3) is 0 Å². The van der Waals surface area contributed by atoms with Crippen molar-refractivity contribution in [2.24, 2.45) is 0 Å². The SMILES string of the molecule is COc1ccc(OC(=O)c2c(Cl)cccc2Cl)cc1OC1CCCC1. The van der Waals surface area contributed by atoms with Crippen molar-refractivity contribution >= 4 is 29.2 Å². The van der Waals surface area contributed by atoms with Crippen molar-refractivity contribution in [3.63, 3.8) is 0 Å². The average molecular weight is 381 g/mol. The van der Waals surface area contributed by atoms with Crippen molar-refractivity contribution in [2.45, 2.75) is 31.8 Å². The van der Waals surface area contributed by atoms with E-state index in [2.05, 4.69) is 0 Å². The van der Waals surface area contributed by atoms with E-state index in [4.69, 9.17) is 37.4 Å². The molecule has 1 saturated carbocycles. The Bertz CT molecular complexity index is 750. The molecular weight excluding hydrogens is 363 g/mol. The van der Waals surface area contributed by atoms with Crippen molar-refractivity contribution in [1.29, 1.82) is 0 Å². The van der Waals surface area contributed by atoms with Crippen molar-refractivity contribution in [2.75, 3.05) is 7.11 Å². The third-order valence-electron chi connectivity index (χ3n) is 4.11.